The molecular formula is C11H9NO2. The number of ketones is 1. The van der Waals surface area contributed by atoms with Crippen LogP contribution < -0.4 is 0 Å². The van der Waals surface area contributed by atoms with Gasteiger partial charge in [0.15, 0.2) is 0 Å². The molecule has 1 aromatic heterocycles. The van der Waals surface area contributed by atoms with Gasteiger partial charge in [-0.25, -0.2) is 0 Å². The van der Waals surface area contributed by atoms with Crippen molar-refractivity contribution in [3.05, 3.63) is 53.9 Å². The highest BCUT2D eigenvalue weighted by Gasteiger charge is 2.12. The van der Waals surface area contributed by atoms with E-state index in [1.807, 2.05) is 0 Å². The van der Waals surface area contributed by atoms with E-state index in [1.165, 1.54) is 6.07 Å². The summed E-state index contributed by atoms with van der Waals surface area (Å²) in [6.45, 7) is 0. The molecule has 0 saturated heterocycles. The smallest absolute Gasteiger partial charge is 0.212 e. The number of carbonyl (C=O) groups excluding carboxylic acids is 1. The number of para-hydroxylation sites is 1. The summed E-state index contributed by atoms with van der Waals surface area (Å²) in [4.78, 5) is 14.5. The van der Waals surface area contributed by atoms with Gasteiger partial charge in [-0.05, 0) is 24.3 Å². The zero-order chi connectivity index (χ0) is 9.97. The second kappa shape index (κ2) is 3.38. The predicted molar refractivity (Wildman–Crippen MR) is 52.3 cm³/mol. The average Bonchev–Trinajstić information content (AvgIpc) is 2.70. The van der Waals surface area contributed by atoms with Crippen LogP contribution in [0.3, 0.4) is 0 Å². The van der Waals surface area contributed by atoms with E-state index in [9.17, 15) is 9.90 Å². The van der Waals surface area contributed by atoms with Gasteiger partial charge in [0.2, 0.25) is 5.78 Å². The number of aromatic hydroxyl groups is 1. The highest BCUT2D eigenvalue weighted by molar-refractivity contribution is 6.09. The van der Waals surface area contributed by atoms with E-state index in [0.29, 0.717) is 11.3 Å². The van der Waals surface area contributed by atoms with Crippen molar-refractivity contribution >= 4 is 5.78 Å². The summed E-state index contributed by atoms with van der Waals surface area (Å²) in [5, 5.41) is 9.45. The van der Waals surface area contributed by atoms with Gasteiger partial charge in [0, 0.05) is 6.20 Å². The molecule has 2 rings (SSSR count). The number of rotatable bonds is 2. The molecule has 0 spiro atoms. The number of phenols is 1. The molecule has 0 radical (unpaired) electrons. The van der Waals surface area contributed by atoms with Crippen LogP contribution in [0.4, 0.5) is 0 Å². The third kappa shape index (κ3) is 1.40. The van der Waals surface area contributed by atoms with Gasteiger partial charge in [-0.1, -0.05) is 12.1 Å². The normalized spacial score (nSPS) is 10.0. The van der Waals surface area contributed by atoms with Crippen molar-refractivity contribution in [3.63, 3.8) is 0 Å². The Hall–Kier alpha value is -2.03. The minimum Gasteiger partial charge on any atom is -0.507 e. The standard InChI is InChI=1S/C11H9NO2/c13-10-6-2-1-4-8(10)11(14)9-5-3-7-12-9/h1-7,12-13H. The molecule has 70 valence electrons. The number of benzene rings is 1. The van der Waals surface area contributed by atoms with E-state index in [-0.39, 0.29) is 11.5 Å². The lowest BCUT2D eigenvalue weighted by atomic mass is 10.1. The van der Waals surface area contributed by atoms with Crippen molar-refractivity contribution in [1.82, 2.24) is 4.98 Å². The van der Waals surface area contributed by atoms with Gasteiger partial charge in [0.1, 0.15) is 5.75 Å². The van der Waals surface area contributed by atoms with Gasteiger partial charge in [-0.3, -0.25) is 4.79 Å². The van der Waals surface area contributed by atoms with Crippen molar-refractivity contribution in [2.45, 2.75) is 0 Å². The number of H-pyrrole nitrogens is 1. The zero-order valence-electron chi connectivity index (χ0n) is 7.40. The number of hydrogen-bond acceptors (Lipinski definition) is 2. The highest BCUT2D eigenvalue weighted by Crippen LogP contribution is 2.18. The van der Waals surface area contributed by atoms with Gasteiger partial charge < -0.3 is 10.1 Å². The van der Waals surface area contributed by atoms with E-state index in [1.54, 1.807) is 36.5 Å². The number of carbonyl (C=O) groups is 1. The number of aromatic nitrogens is 1. The van der Waals surface area contributed by atoms with Gasteiger partial charge in [-0.2, -0.15) is 0 Å². The molecule has 0 fully saturated rings. The highest BCUT2D eigenvalue weighted by atomic mass is 16.3. The van der Waals surface area contributed by atoms with Crippen molar-refractivity contribution < 1.29 is 9.90 Å². The van der Waals surface area contributed by atoms with Gasteiger partial charge in [0.05, 0.1) is 11.3 Å². The van der Waals surface area contributed by atoms with Crippen LogP contribution in [-0.2, 0) is 0 Å². The molecule has 0 aliphatic carbocycles. The molecule has 3 heteroatoms. The van der Waals surface area contributed by atoms with Crippen molar-refractivity contribution in [1.29, 1.82) is 0 Å². The Morgan fingerprint density at radius 3 is 2.57 bits per heavy atom. The quantitative estimate of drug-likeness (QED) is 0.706. The largest absolute Gasteiger partial charge is 0.507 e. The monoisotopic (exact) mass is 187 g/mol. The summed E-state index contributed by atoms with van der Waals surface area (Å²) in [5.41, 5.74) is 0.793. The van der Waals surface area contributed by atoms with Crippen molar-refractivity contribution in [2.24, 2.45) is 0 Å². The van der Waals surface area contributed by atoms with Gasteiger partial charge in [-0.15, -0.1) is 0 Å². The fourth-order valence-electron chi connectivity index (χ4n) is 1.28. The maximum Gasteiger partial charge on any atom is 0.212 e. The Balaban J connectivity index is 2.42. The van der Waals surface area contributed by atoms with Crippen LogP contribution in [0.1, 0.15) is 16.1 Å². The fraction of sp³-hybridized carbons (Fsp3) is 0. The summed E-state index contributed by atoms with van der Waals surface area (Å²) in [7, 11) is 0. The lowest BCUT2D eigenvalue weighted by molar-refractivity contribution is 0.103. The predicted octanol–water partition coefficient (Wildman–Crippen LogP) is 1.95. The number of hydrogen-bond donors (Lipinski definition) is 2. The zero-order valence-corrected chi connectivity index (χ0v) is 7.40. The maximum atomic E-state index is 11.7. The number of aromatic amines is 1. The molecule has 2 aromatic rings. The molecule has 14 heavy (non-hydrogen) atoms. The molecule has 2 N–H and O–H groups in total. The average molecular weight is 187 g/mol. The van der Waals surface area contributed by atoms with Gasteiger partial charge >= 0.3 is 0 Å². The Morgan fingerprint density at radius 2 is 1.93 bits per heavy atom. The molecule has 3 nitrogen and oxygen atoms in total. The van der Waals surface area contributed by atoms with Crippen LogP contribution in [0.15, 0.2) is 42.6 Å². The fourth-order valence-corrected chi connectivity index (χ4v) is 1.28. The number of phenolic OH excluding ortho intramolecular Hbond substituents is 1. The SMILES string of the molecule is O=C(c1ccc[nH]1)c1ccccc1O. The summed E-state index contributed by atoms with van der Waals surface area (Å²) in [5.74, 6) is -0.194. The minimum atomic E-state index is -0.201. The lowest BCUT2D eigenvalue weighted by Crippen LogP contribution is -2.01. The Labute approximate surface area is 81.0 Å². The first-order chi connectivity index (χ1) is 6.79. The summed E-state index contributed by atoms with van der Waals surface area (Å²) in [6.07, 6.45) is 1.67. The molecule has 0 aliphatic heterocycles. The van der Waals surface area contributed by atoms with Crippen LogP contribution >= 0.6 is 0 Å². The van der Waals surface area contributed by atoms with Crippen LogP contribution in [0, 0.1) is 0 Å². The van der Waals surface area contributed by atoms with E-state index in [0.717, 1.165) is 0 Å². The minimum absolute atomic E-state index is 0.00657. The van der Waals surface area contributed by atoms with Crippen LogP contribution in [-0.4, -0.2) is 15.9 Å². The molecule has 0 aliphatic rings. The summed E-state index contributed by atoms with van der Waals surface area (Å²) >= 11 is 0. The summed E-state index contributed by atoms with van der Waals surface area (Å²) < 4.78 is 0. The first-order valence-electron chi connectivity index (χ1n) is 4.25. The maximum absolute atomic E-state index is 11.7. The Bertz CT molecular complexity index is 446. The molecule has 1 aromatic carbocycles. The Morgan fingerprint density at radius 1 is 1.14 bits per heavy atom. The molecule has 0 unspecified atom stereocenters. The molecule has 0 atom stereocenters. The van der Waals surface area contributed by atoms with E-state index < -0.39 is 0 Å². The number of nitrogens with one attached hydrogen (secondary N) is 1. The van der Waals surface area contributed by atoms with E-state index >= 15 is 0 Å². The van der Waals surface area contributed by atoms with Crippen LogP contribution in [0.5, 0.6) is 5.75 Å². The summed E-state index contributed by atoms with van der Waals surface area (Å²) in [6, 6.07) is 9.91. The topological polar surface area (TPSA) is 53.1 Å². The molecule has 0 saturated carbocycles. The van der Waals surface area contributed by atoms with Crippen LogP contribution in [0.2, 0.25) is 0 Å². The molecule has 0 amide bonds. The molecular weight excluding hydrogens is 178 g/mol. The van der Waals surface area contributed by atoms with Crippen LogP contribution in [0.25, 0.3) is 0 Å². The lowest BCUT2D eigenvalue weighted by Gasteiger charge is -2.00. The third-order valence-electron chi connectivity index (χ3n) is 1.99. The van der Waals surface area contributed by atoms with Gasteiger partial charge in [0.25, 0.3) is 0 Å². The molecule has 0 bridgehead atoms. The van der Waals surface area contributed by atoms with E-state index in [4.69, 9.17) is 0 Å². The van der Waals surface area contributed by atoms with Crippen molar-refractivity contribution in [3.8, 4) is 5.75 Å². The second-order valence-corrected chi connectivity index (χ2v) is 2.93. The Kier molecular flexibility index (Phi) is 2.07. The molecule has 1 heterocycles. The second-order valence-electron chi connectivity index (χ2n) is 2.93. The first kappa shape index (κ1) is 8.56. The van der Waals surface area contributed by atoms with Crippen molar-refractivity contribution in [2.75, 3.05) is 0 Å². The van der Waals surface area contributed by atoms with E-state index in [2.05, 4.69) is 4.98 Å². The first-order valence-corrected chi connectivity index (χ1v) is 4.25. The third-order valence-corrected chi connectivity index (χ3v) is 1.99.